The second-order valence-corrected chi connectivity index (χ2v) is 7.37. The summed E-state index contributed by atoms with van der Waals surface area (Å²) in [4.78, 5) is 14.8. The molecule has 0 unspecified atom stereocenters. The van der Waals surface area contributed by atoms with Crippen molar-refractivity contribution in [2.24, 2.45) is 5.92 Å². The van der Waals surface area contributed by atoms with Crippen molar-refractivity contribution >= 4 is 5.91 Å². The van der Waals surface area contributed by atoms with Crippen molar-refractivity contribution < 1.29 is 14.3 Å². The Morgan fingerprint density at radius 1 is 1.26 bits per heavy atom. The molecule has 0 aliphatic carbocycles. The Kier molecular flexibility index (Phi) is 3.48. The first-order chi connectivity index (χ1) is 11.0. The fourth-order valence-corrected chi connectivity index (χ4v) is 3.95. The Bertz CT molecular complexity index is 621. The van der Waals surface area contributed by atoms with Gasteiger partial charge in [-0.2, -0.15) is 0 Å². The zero-order chi connectivity index (χ0) is 16.0. The van der Waals surface area contributed by atoms with E-state index < -0.39 is 5.79 Å². The number of hydrogen-bond donors (Lipinski definition) is 1. The molecular formula is C18H24N2O3. The number of nitrogens with one attached hydrogen (secondary N) is 1. The highest BCUT2D eigenvalue weighted by Gasteiger charge is 2.35. The Labute approximate surface area is 136 Å². The van der Waals surface area contributed by atoms with Crippen LogP contribution in [0.5, 0.6) is 11.5 Å². The molecule has 5 nitrogen and oxygen atoms in total. The van der Waals surface area contributed by atoms with Gasteiger partial charge < -0.3 is 19.7 Å². The van der Waals surface area contributed by atoms with Crippen molar-refractivity contribution in [2.75, 3.05) is 19.6 Å². The van der Waals surface area contributed by atoms with Gasteiger partial charge >= 0.3 is 0 Å². The molecule has 4 aliphatic rings. The molecule has 4 heterocycles. The smallest absolute Gasteiger partial charge is 0.246 e. The molecule has 124 valence electrons. The standard InChI is InChI=1S/C18H24N2O3/c1-18(2)22-15-4-3-12(9-16(15)23-18)10-17(21)19-14-11-20-7-5-13(14)6-8-20/h3-4,9,13-14H,5-8,10-11H2,1-2H3,(H,19,21)/t14-/m0/s1. The Morgan fingerprint density at radius 2 is 2.00 bits per heavy atom. The number of carbonyl (C=O) groups is 1. The van der Waals surface area contributed by atoms with Crippen LogP contribution in [0.2, 0.25) is 0 Å². The minimum atomic E-state index is -0.626. The van der Waals surface area contributed by atoms with Crippen molar-refractivity contribution in [3.8, 4) is 11.5 Å². The molecule has 5 heteroatoms. The van der Waals surface area contributed by atoms with Gasteiger partial charge in [0.1, 0.15) is 0 Å². The third-order valence-corrected chi connectivity index (χ3v) is 5.09. The first kappa shape index (κ1) is 14.8. The van der Waals surface area contributed by atoms with Gasteiger partial charge in [0.15, 0.2) is 11.5 Å². The van der Waals surface area contributed by atoms with Gasteiger partial charge in [-0.15, -0.1) is 0 Å². The highest BCUT2D eigenvalue weighted by molar-refractivity contribution is 5.79. The Balaban J connectivity index is 1.38. The predicted molar refractivity (Wildman–Crippen MR) is 86.6 cm³/mol. The molecule has 1 N–H and O–H groups in total. The van der Waals surface area contributed by atoms with E-state index in [-0.39, 0.29) is 5.91 Å². The summed E-state index contributed by atoms with van der Waals surface area (Å²) in [5, 5.41) is 3.23. The zero-order valence-corrected chi connectivity index (χ0v) is 13.8. The van der Waals surface area contributed by atoms with Crippen molar-refractivity contribution in [2.45, 2.75) is 44.9 Å². The van der Waals surface area contributed by atoms with E-state index in [1.165, 1.54) is 25.9 Å². The minimum absolute atomic E-state index is 0.0990. The summed E-state index contributed by atoms with van der Waals surface area (Å²) >= 11 is 0. The van der Waals surface area contributed by atoms with E-state index in [1.807, 2.05) is 32.0 Å². The van der Waals surface area contributed by atoms with Gasteiger partial charge in [0.05, 0.1) is 6.42 Å². The summed E-state index contributed by atoms with van der Waals surface area (Å²) < 4.78 is 11.4. The number of benzene rings is 1. The average molecular weight is 316 g/mol. The number of carbonyl (C=O) groups excluding carboxylic acids is 1. The van der Waals surface area contributed by atoms with Gasteiger partial charge in [-0.25, -0.2) is 0 Å². The van der Waals surface area contributed by atoms with Crippen LogP contribution in [0.1, 0.15) is 32.3 Å². The van der Waals surface area contributed by atoms with E-state index in [0.29, 0.717) is 18.4 Å². The molecule has 3 fully saturated rings. The molecule has 1 aromatic rings. The summed E-state index contributed by atoms with van der Waals surface area (Å²) in [5.41, 5.74) is 0.962. The van der Waals surface area contributed by atoms with Crippen LogP contribution in [-0.2, 0) is 11.2 Å². The summed E-state index contributed by atoms with van der Waals surface area (Å²) in [5.74, 6) is 1.60. The minimum Gasteiger partial charge on any atom is -0.449 e. The fourth-order valence-electron chi connectivity index (χ4n) is 3.95. The van der Waals surface area contributed by atoms with Crippen molar-refractivity contribution in [1.82, 2.24) is 10.2 Å². The lowest BCUT2D eigenvalue weighted by atomic mass is 9.84. The average Bonchev–Trinajstić information content (AvgIpc) is 2.81. The maximum absolute atomic E-state index is 12.4. The van der Waals surface area contributed by atoms with Gasteiger partial charge in [-0.1, -0.05) is 6.07 Å². The van der Waals surface area contributed by atoms with Gasteiger partial charge in [-0.05, 0) is 49.5 Å². The van der Waals surface area contributed by atoms with Crippen LogP contribution < -0.4 is 14.8 Å². The number of nitrogens with zero attached hydrogens (tertiary/aromatic N) is 1. The van der Waals surface area contributed by atoms with Crippen molar-refractivity contribution in [3.63, 3.8) is 0 Å². The topological polar surface area (TPSA) is 50.8 Å². The van der Waals surface area contributed by atoms with E-state index >= 15 is 0 Å². The van der Waals surface area contributed by atoms with E-state index in [9.17, 15) is 4.79 Å². The summed E-state index contributed by atoms with van der Waals surface area (Å²) in [7, 11) is 0. The highest BCUT2D eigenvalue weighted by Crippen LogP contribution is 2.39. The Hall–Kier alpha value is -1.75. The van der Waals surface area contributed by atoms with Crippen LogP contribution in [0.25, 0.3) is 0 Å². The molecule has 23 heavy (non-hydrogen) atoms. The van der Waals surface area contributed by atoms with Crippen LogP contribution in [0.4, 0.5) is 0 Å². The first-order valence-corrected chi connectivity index (χ1v) is 8.51. The van der Waals surface area contributed by atoms with E-state index in [0.717, 1.165) is 23.6 Å². The first-order valence-electron chi connectivity index (χ1n) is 8.51. The third kappa shape index (κ3) is 3.02. The van der Waals surface area contributed by atoms with E-state index in [4.69, 9.17) is 9.47 Å². The fraction of sp³-hybridized carbons (Fsp3) is 0.611. The van der Waals surface area contributed by atoms with Crippen molar-refractivity contribution in [3.05, 3.63) is 23.8 Å². The van der Waals surface area contributed by atoms with Crippen LogP contribution in [0.15, 0.2) is 18.2 Å². The molecule has 0 aromatic heterocycles. The largest absolute Gasteiger partial charge is 0.449 e. The van der Waals surface area contributed by atoms with Gasteiger partial charge in [0.2, 0.25) is 11.7 Å². The zero-order valence-electron chi connectivity index (χ0n) is 13.8. The molecule has 5 rings (SSSR count). The van der Waals surface area contributed by atoms with Gasteiger partial charge in [-0.3, -0.25) is 4.79 Å². The summed E-state index contributed by atoms with van der Waals surface area (Å²) in [6.07, 6.45) is 2.81. The van der Waals surface area contributed by atoms with Gasteiger partial charge in [0, 0.05) is 26.4 Å². The van der Waals surface area contributed by atoms with E-state index in [1.54, 1.807) is 0 Å². The molecule has 1 amide bonds. The maximum Gasteiger partial charge on any atom is 0.246 e. The van der Waals surface area contributed by atoms with Crippen LogP contribution in [0, 0.1) is 5.92 Å². The van der Waals surface area contributed by atoms with Gasteiger partial charge in [0.25, 0.3) is 0 Å². The molecule has 4 aliphatic heterocycles. The molecule has 0 saturated carbocycles. The number of amides is 1. The predicted octanol–water partition coefficient (Wildman–Crippen LogP) is 1.95. The number of ether oxygens (including phenoxy) is 2. The lowest BCUT2D eigenvalue weighted by molar-refractivity contribution is -0.122. The number of rotatable bonds is 3. The van der Waals surface area contributed by atoms with Crippen LogP contribution in [-0.4, -0.2) is 42.3 Å². The Morgan fingerprint density at radius 3 is 2.70 bits per heavy atom. The molecular weight excluding hydrogens is 292 g/mol. The quantitative estimate of drug-likeness (QED) is 0.926. The number of fused-ring (bicyclic) bond motifs is 4. The molecule has 1 atom stereocenters. The van der Waals surface area contributed by atoms with Crippen LogP contribution >= 0.6 is 0 Å². The monoisotopic (exact) mass is 316 g/mol. The molecule has 0 radical (unpaired) electrons. The maximum atomic E-state index is 12.4. The third-order valence-electron chi connectivity index (χ3n) is 5.09. The molecule has 2 bridgehead atoms. The normalized spacial score (nSPS) is 30.3. The summed E-state index contributed by atoms with van der Waals surface area (Å²) in [6, 6.07) is 6.07. The second kappa shape index (κ2) is 5.41. The number of piperidine rings is 3. The molecule has 0 spiro atoms. The molecule has 3 saturated heterocycles. The van der Waals surface area contributed by atoms with Crippen molar-refractivity contribution in [1.29, 1.82) is 0 Å². The molecule has 1 aromatic carbocycles. The SMILES string of the molecule is CC1(C)Oc2ccc(CC(=O)N[C@H]3CN4CCC3CC4)cc2O1. The van der Waals surface area contributed by atoms with Crippen LogP contribution in [0.3, 0.4) is 0 Å². The second-order valence-electron chi connectivity index (χ2n) is 7.37. The van der Waals surface area contributed by atoms with E-state index in [2.05, 4.69) is 10.2 Å². The lowest BCUT2D eigenvalue weighted by Gasteiger charge is -2.44. The summed E-state index contributed by atoms with van der Waals surface area (Å²) in [6.45, 7) is 7.15. The number of hydrogen-bond acceptors (Lipinski definition) is 4. The lowest BCUT2D eigenvalue weighted by Crippen LogP contribution is -2.57. The highest BCUT2D eigenvalue weighted by atomic mass is 16.7.